The number of halogens is 1. The van der Waals surface area contributed by atoms with Crippen LogP contribution >= 0.6 is 0 Å². The number of hydrogen-bond donors (Lipinski definition) is 1. The van der Waals surface area contributed by atoms with Crippen molar-refractivity contribution in [2.45, 2.75) is 20.8 Å². The van der Waals surface area contributed by atoms with E-state index in [9.17, 15) is 4.39 Å². The Bertz CT molecular complexity index is 92.7. The molecule has 1 N–H and O–H groups in total. The topological polar surface area (TPSA) is 12.0 Å². The molecule has 0 radical (unpaired) electrons. The lowest BCUT2D eigenvalue weighted by Crippen LogP contribution is -2.09. The second-order valence-corrected chi connectivity index (χ2v) is 1.84. The lowest BCUT2D eigenvalue weighted by Gasteiger charge is -1.98. The van der Waals surface area contributed by atoms with E-state index in [2.05, 4.69) is 5.32 Å². The van der Waals surface area contributed by atoms with Crippen molar-refractivity contribution in [2.75, 3.05) is 6.54 Å². The predicted molar refractivity (Wildman–Crippen MR) is 33.2 cm³/mol. The van der Waals surface area contributed by atoms with Gasteiger partial charge in [-0.25, -0.2) is 0 Å². The highest BCUT2D eigenvalue weighted by Crippen LogP contribution is 1.98. The Hall–Kier alpha value is -0.530. The van der Waals surface area contributed by atoms with Gasteiger partial charge in [-0.05, 0) is 26.3 Å². The summed E-state index contributed by atoms with van der Waals surface area (Å²) in [7, 11) is 0. The van der Waals surface area contributed by atoms with Gasteiger partial charge in [0.2, 0.25) is 0 Å². The molecule has 0 saturated carbocycles. The first-order valence-corrected chi connectivity index (χ1v) is 2.75. The summed E-state index contributed by atoms with van der Waals surface area (Å²) in [6.45, 7) is 5.98. The van der Waals surface area contributed by atoms with Gasteiger partial charge in [0, 0.05) is 6.54 Å². The Balaban J connectivity index is 3.62. The van der Waals surface area contributed by atoms with Crippen LogP contribution in [0.5, 0.6) is 0 Å². The molecule has 2 heteroatoms. The quantitative estimate of drug-likeness (QED) is 0.544. The molecule has 0 spiro atoms. The molecule has 0 rings (SSSR count). The van der Waals surface area contributed by atoms with Crippen molar-refractivity contribution in [1.82, 2.24) is 5.32 Å². The van der Waals surface area contributed by atoms with E-state index in [-0.39, 0.29) is 5.95 Å². The van der Waals surface area contributed by atoms with Crippen LogP contribution in [0.4, 0.5) is 4.39 Å². The molecule has 8 heavy (non-hydrogen) atoms. The number of rotatable bonds is 2. The van der Waals surface area contributed by atoms with Crippen LogP contribution in [0.2, 0.25) is 0 Å². The number of hydrogen-bond acceptors (Lipinski definition) is 1. The Labute approximate surface area is 49.6 Å². The summed E-state index contributed by atoms with van der Waals surface area (Å²) in [6.07, 6.45) is 0. The summed E-state index contributed by atoms with van der Waals surface area (Å²) < 4.78 is 12.3. The van der Waals surface area contributed by atoms with E-state index in [1.54, 1.807) is 13.8 Å². The molecule has 0 atom stereocenters. The molecular formula is C6H12FN. The van der Waals surface area contributed by atoms with Crippen LogP contribution < -0.4 is 5.32 Å². The van der Waals surface area contributed by atoms with E-state index in [0.717, 1.165) is 0 Å². The summed E-state index contributed by atoms with van der Waals surface area (Å²) in [6, 6.07) is 0. The van der Waals surface area contributed by atoms with Gasteiger partial charge in [-0.15, -0.1) is 0 Å². The van der Waals surface area contributed by atoms with Crippen molar-refractivity contribution in [3.63, 3.8) is 0 Å². The summed E-state index contributed by atoms with van der Waals surface area (Å²) in [4.78, 5) is 0. The van der Waals surface area contributed by atoms with Gasteiger partial charge in [-0.3, -0.25) is 0 Å². The highest BCUT2D eigenvalue weighted by molar-refractivity contribution is 4.98. The van der Waals surface area contributed by atoms with E-state index in [1.807, 2.05) is 6.92 Å². The van der Waals surface area contributed by atoms with Crippen molar-refractivity contribution < 1.29 is 4.39 Å². The molecule has 0 aliphatic heterocycles. The summed E-state index contributed by atoms with van der Waals surface area (Å²) in [5, 5.41) is 2.56. The van der Waals surface area contributed by atoms with E-state index >= 15 is 0 Å². The van der Waals surface area contributed by atoms with Crippen LogP contribution in [-0.2, 0) is 0 Å². The molecule has 0 bridgehead atoms. The third-order valence-electron chi connectivity index (χ3n) is 0.771. The monoisotopic (exact) mass is 117 g/mol. The van der Waals surface area contributed by atoms with Crippen molar-refractivity contribution in [3.8, 4) is 0 Å². The second kappa shape index (κ2) is 3.47. The highest BCUT2D eigenvalue weighted by atomic mass is 19.1. The van der Waals surface area contributed by atoms with Crippen molar-refractivity contribution >= 4 is 0 Å². The SMILES string of the molecule is CCNC(F)=C(C)C. The molecule has 1 nitrogen and oxygen atoms in total. The van der Waals surface area contributed by atoms with Gasteiger partial charge < -0.3 is 5.32 Å². The average molecular weight is 117 g/mol. The van der Waals surface area contributed by atoms with Gasteiger partial charge >= 0.3 is 0 Å². The number of nitrogens with one attached hydrogen (secondary N) is 1. The average Bonchev–Trinajstić information content (AvgIpc) is 1.67. The van der Waals surface area contributed by atoms with E-state index < -0.39 is 0 Å². The molecule has 0 aromatic carbocycles. The minimum absolute atomic E-state index is 0.201. The Morgan fingerprint density at radius 2 is 2.00 bits per heavy atom. The van der Waals surface area contributed by atoms with Crippen molar-refractivity contribution in [2.24, 2.45) is 0 Å². The largest absolute Gasteiger partial charge is 0.362 e. The first kappa shape index (κ1) is 7.47. The van der Waals surface area contributed by atoms with Gasteiger partial charge in [0.1, 0.15) is 0 Å². The van der Waals surface area contributed by atoms with Crippen LogP contribution in [0.25, 0.3) is 0 Å². The summed E-state index contributed by atoms with van der Waals surface area (Å²) >= 11 is 0. The van der Waals surface area contributed by atoms with E-state index in [4.69, 9.17) is 0 Å². The smallest absolute Gasteiger partial charge is 0.185 e. The lowest BCUT2D eigenvalue weighted by molar-refractivity contribution is 0.541. The molecule has 0 heterocycles. The zero-order chi connectivity index (χ0) is 6.57. The maximum absolute atomic E-state index is 12.3. The minimum Gasteiger partial charge on any atom is -0.362 e. The minimum atomic E-state index is -0.201. The molecule has 0 aromatic rings. The van der Waals surface area contributed by atoms with E-state index in [0.29, 0.717) is 12.1 Å². The Kier molecular flexibility index (Phi) is 3.24. The molecule has 0 amide bonds. The fraction of sp³-hybridized carbons (Fsp3) is 0.667. The van der Waals surface area contributed by atoms with Crippen molar-refractivity contribution in [1.29, 1.82) is 0 Å². The third-order valence-corrected chi connectivity index (χ3v) is 0.771. The molecule has 0 fully saturated rings. The standard InChI is InChI=1S/C6H12FN/c1-4-8-6(7)5(2)3/h8H,4H2,1-3H3. The van der Waals surface area contributed by atoms with Crippen LogP contribution in [0, 0.1) is 0 Å². The van der Waals surface area contributed by atoms with Crippen molar-refractivity contribution in [3.05, 3.63) is 11.5 Å². The highest BCUT2D eigenvalue weighted by Gasteiger charge is 1.90. The number of allylic oxidation sites excluding steroid dienone is 1. The maximum Gasteiger partial charge on any atom is 0.185 e. The third kappa shape index (κ3) is 2.61. The first-order valence-electron chi connectivity index (χ1n) is 2.75. The Morgan fingerprint density at radius 3 is 2.12 bits per heavy atom. The van der Waals surface area contributed by atoms with Crippen LogP contribution in [0.15, 0.2) is 11.5 Å². The first-order chi connectivity index (χ1) is 3.68. The fourth-order valence-corrected chi connectivity index (χ4v) is 0.332. The van der Waals surface area contributed by atoms with E-state index in [1.165, 1.54) is 0 Å². The predicted octanol–water partition coefficient (Wildman–Crippen LogP) is 1.82. The molecule has 48 valence electrons. The molecular weight excluding hydrogens is 105 g/mol. The zero-order valence-electron chi connectivity index (χ0n) is 5.59. The van der Waals surface area contributed by atoms with Crippen LogP contribution in [0.3, 0.4) is 0 Å². The molecule has 0 aliphatic carbocycles. The fourth-order valence-electron chi connectivity index (χ4n) is 0.332. The zero-order valence-corrected chi connectivity index (χ0v) is 5.59. The lowest BCUT2D eigenvalue weighted by atomic mass is 10.4. The molecule has 0 saturated heterocycles. The van der Waals surface area contributed by atoms with Crippen LogP contribution in [0.1, 0.15) is 20.8 Å². The summed E-state index contributed by atoms with van der Waals surface area (Å²) in [5.41, 5.74) is 0.701. The molecule has 0 aliphatic rings. The van der Waals surface area contributed by atoms with Gasteiger partial charge in [0.25, 0.3) is 0 Å². The summed E-state index contributed by atoms with van der Waals surface area (Å²) in [5.74, 6) is -0.201. The normalized spacial score (nSPS) is 8.50. The van der Waals surface area contributed by atoms with Gasteiger partial charge in [-0.2, -0.15) is 4.39 Å². The molecule has 0 aromatic heterocycles. The molecule has 0 unspecified atom stereocenters. The second-order valence-electron chi connectivity index (χ2n) is 1.84. The maximum atomic E-state index is 12.3. The van der Waals surface area contributed by atoms with Gasteiger partial charge in [-0.1, -0.05) is 0 Å². The van der Waals surface area contributed by atoms with Gasteiger partial charge in [0.15, 0.2) is 5.95 Å². The Morgan fingerprint density at radius 1 is 1.50 bits per heavy atom. The van der Waals surface area contributed by atoms with Gasteiger partial charge in [0.05, 0.1) is 0 Å². The van der Waals surface area contributed by atoms with Crippen LogP contribution in [-0.4, -0.2) is 6.54 Å².